The van der Waals surface area contributed by atoms with E-state index in [0.29, 0.717) is 25.7 Å². The summed E-state index contributed by atoms with van der Waals surface area (Å²) < 4.78 is 5.72. The number of hydrogen-bond donors (Lipinski definition) is 2. The number of rotatable bonds is 5. The zero-order chi connectivity index (χ0) is 17.7. The van der Waals surface area contributed by atoms with Crippen LogP contribution in [0.2, 0.25) is 0 Å². The van der Waals surface area contributed by atoms with Crippen LogP contribution in [0.5, 0.6) is 5.75 Å². The van der Waals surface area contributed by atoms with E-state index in [1.54, 1.807) is 0 Å². The SMILES string of the molecule is CC(C)(C)c1ccccc1OCC(=O)NC1CCC(C(=O)O)CC1. The van der Waals surface area contributed by atoms with Gasteiger partial charge in [0.2, 0.25) is 0 Å². The van der Waals surface area contributed by atoms with Gasteiger partial charge in [-0.25, -0.2) is 0 Å². The fourth-order valence-electron chi connectivity index (χ4n) is 3.11. The highest BCUT2D eigenvalue weighted by molar-refractivity contribution is 5.78. The fourth-order valence-corrected chi connectivity index (χ4v) is 3.11. The van der Waals surface area contributed by atoms with Crippen LogP contribution < -0.4 is 10.1 Å². The zero-order valence-electron chi connectivity index (χ0n) is 14.7. The van der Waals surface area contributed by atoms with E-state index in [0.717, 1.165) is 11.3 Å². The van der Waals surface area contributed by atoms with Crippen LogP contribution in [0.1, 0.15) is 52.0 Å². The average Bonchev–Trinajstić information content (AvgIpc) is 2.53. The summed E-state index contributed by atoms with van der Waals surface area (Å²) in [5, 5.41) is 12.0. The van der Waals surface area contributed by atoms with Gasteiger partial charge in [-0.2, -0.15) is 0 Å². The molecule has 1 fully saturated rings. The highest BCUT2D eigenvalue weighted by Gasteiger charge is 2.27. The van der Waals surface area contributed by atoms with Crippen LogP contribution in [0, 0.1) is 5.92 Å². The van der Waals surface area contributed by atoms with Gasteiger partial charge in [0.1, 0.15) is 5.75 Å². The Kier molecular flexibility index (Phi) is 5.86. The van der Waals surface area contributed by atoms with E-state index in [4.69, 9.17) is 9.84 Å². The number of aliphatic carboxylic acids is 1. The Morgan fingerprint density at radius 1 is 1.17 bits per heavy atom. The van der Waals surface area contributed by atoms with Gasteiger partial charge >= 0.3 is 5.97 Å². The largest absolute Gasteiger partial charge is 0.483 e. The lowest BCUT2D eigenvalue weighted by Crippen LogP contribution is -2.41. The molecule has 2 N–H and O–H groups in total. The van der Waals surface area contributed by atoms with Crippen LogP contribution in [0.3, 0.4) is 0 Å². The first-order valence-electron chi connectivity index (χ1n) is 8.52. The first-order chi connectivity index (χ1) is 11.3. The van der Waals surface area contributed by atoms with Gasteiger partial charge < -0.3 is 15.2 Å². The minimum Gasteiger partial charge on any atom is -0.483 e. The summed E-state index contributed by atoms with van der Waals surface area (Å²) in [7, 11) is 0. The average molecular weight is 333 g/mol. The number of benzene rings is 1. The highest BCUT2D eigenvalue weighted by atomic mass is 16.5. The third kappa shape index (κ3) is 4.98. The summed E-state index contributed by atoms with van der Waals surface area (Å²) in [6.07, 6.45) is 2.66. The molecule has 1 saturated carbocycles. The Bertz CT molecular complexity index is 583. The standard InChI is InChI=1S/C19H27NO4/c1-19(2,3)15-6-4-5-7-16(15)24-12-17(21)20-14-10-8-13(9-11-14)18(22)23/h4-7,13-14H,8-12H2,1-3H3,(H,20,21)(H,22,23). The van der Waals surface area contributed by atoms with Gasteiger partial charge in [-0.1, -0.05) is 39.0 Å². The zero-order valence-corrected chi connectivity index (χ0v) is 14.7. The summed E-state index contributed by atoms with van der Waals surface area (Å²) >= 11 is 0. The van der Waals surface area contributed by atoms with Crippen molar-refractivity contribution in [2.45, 2.75) is 57.9 Å². The number of amides is 1. The second-order valence-electron chi connectivity index (χ2n) is 7.49. The fraction of sp³-hybridized carbons (Fsp3) is 0.579. The van der Waals surface area contributed by atoms with Crippen molar-refractivity contribution in [3.05, 3.63) is 29.8 Å². The lowest BCUT2D eigenvalue weighted by molar-refractivity contribution is -0.142. The molecule has 0 aromatic heterocycles. The topological polar surface area (TPSA) is 75.6 Å². The predicted molar refractivity (Wildman–Crippen MR) is 92.2 cm³/mol. The number of nitrogens with one attached hydrogen (secondary N) is 1. The van der Waals surface area contributed by atoms with Gasteiger partial charge in [0.15, 0.2) is 6.61 Å². The third-order valence-corrected chi connectivity index (χ3v) is 4.50. The van der Waals surface area contributed by atoms with Crippen molar-refractivity contribution in [3.8, 4) is 5.75 Å². The second-order valence-corrected chi connectivity index (χ2v) is 7.49. The number of carboxylic acids is 1. The summed E-state index contributed by atoms with van der Waals surface area (Å²) in [5.41, 5.74) is 1.02. The smallest absolute Gasteiger partial charge is 0.306 e. The number of carbonyl (C=O) groups excluding carboxylic acids is 1. The first-order valence-corrected chi connectivity index (χ1v) is 8.52. The van der Waals surface area contributed by atoms with Gasteiger partial charge in [-0.05, 0) is 42.7 Å². The van der Waals surface area contributed by atoms with E-state index >= 15 is 0 Å². The molecule has 1 aromatic rings. The molecule has 24 heavy (non-hydrogen) atoms. The molecule has 1 aliphatic rings. The summed E-state index contributed by atoms with van der Waals surface area (Å²) in [4.78, 5) is 23.1. The maximum absolute atomic E-state index is 12.1. The molecular formula is C19H27NO4. The van der Waals surface area contributed by atoms with Crippen molar-refractivity contribution in [2.75, 3.05) is 6.61 Å². The van der Waals surface area contributed by atoms with E-state index in [1.807, 2.05) is 24.3 Å². The lowest BCUT2D eigenvalue weighted by atomic mass is 9.86. The van der Waals surface area contributed by atoms with Gasteiger partial charge in [0.05, 0.1) is 5.92 Å². The molecule has 5 nitrogen and oxygen atoms in total. The molecule has 0 radical (unpaired) electrons. The van der Waals surface area contributed by atoms with Crippen LogP contribution in [-0.4, -0.2) is 29.6 Å². The molecule has 1 aliphatic carbocycles. The Labute approximate surface area is 143 Å². The normalized spacial score (nSPS) is 21.1. The van der Waals surface area contributed by atoms with Crippen molar-refractivity contribution >= 4 is 11.9 Å². The molecule has 0 unspecified atom stereocenters. The summed E-state index contributed by atoms with van der Waals surface area (Å²) in [5.74, 6) is -0.429. The molecule has 5 heteroatoms. The van der Waals surface area contributed by atoms with E-state index < -0.39 is 5.97 Å². The Morgan fingerprint density at radius 2 is 1.79 bits per heavy atom. The first kappa shape index (κ1) is 18.3. The Balaban J connectivity index is 1.83. The lowest BCUT2D eigenvalue weighted by Gasteiger charge is -2.27. The number of hydrogen-bond acceptors (Lipinski definition) is 3. The molecule has 0 spiro atoms. The molecule has 1 amide bonds. The number of carbonyl (C=O) groups is 2. The van der Waals surface area contributed by atoms with E-state index in [9.17, 15) is 9.59 Å². The molecular weight excluding hydrogens is 306 g/mol. The van der Waals surface area contributed by atoms with Crippen molar-refractivity contribution in [1.82, 2.24) is 5.32 Å². The molecule has 0 bridgehead atoms. The minimum absolute atomic E-state index is 0.0219. The van der Waals surface area contributed by atoms with Crippen LogP contribution in [0.25, 0.3) is 0 Å². The molecule has 0 aliphatic heterocycles. The van der Waals surface area contributed by atoms with Crippen molar-refractivity contribution in [3.63, 3.8) is 0 Å². The van der Waals surface area contributed by atoms with Gasteiger partial charge in [-0.15, -0.1) is 0 Å². The minimum atomic E-state index is -0.734. The molecule has 132 valence electrons. The van der Waals surface area contributed by atoms with Gasteiger partial charge in [-0.3, -0.25) is 9.59 Å². The van der Waals surface area contributed by atoms with Crippen molar-refractivity contribution in [1.29, 1.82) is 0 Å². The monoisotopic (exact) mass is 333 g/mol. The van der Waals surface area contributed by atoms with Crippen LogP contribution >= 0.6 is 0 Å². The van der Waals surface area contributed by atoms with E-state index in [1.165, 1.54) is 0 Å². The number of ether oxygens (including phenoxy) is 1. The highest BCUT2D eigenvalue weighted by Crippen LogP contribution is 2.31. The molecule has 1 aromatic carbocycles. The van der Waals surface area contributed by atoms with Crippen LogP contribution in [-0.2, 0) is 15.0 Å². The van der Waals surface area contributed by atoms with Crippen molar-refractivity contribution < 1.29 is 19.4 Å². The van der Waals surface area contributed by atoms with Crippen molar-refractivity contribution in [2.24, 2.45) is 5.92 Å². The maximum atomic E-state index is 12.1. The van der Waals surface area contributed by atoms with Crippen LogP contribution in [0.15, 0.2) is 24.3 Å². The predicted octanol–water partition coefficient (Wildman–Crippen LogP) is 3.12. The molecule has 0 atom stereocenters. The molecule has 0 saturated heterocycles. The van der Waals surface area contributed by atoms with E-state index in [2.05, 4.69) is 26.1 Å². The van der Waals surface area contributed by atoms with E-state index in [-0.39, 0.29) is 29.9 Å². The third-order valence-electron chi connectivity index (χ3n) is 4.50. The Morgan fingerprint density at radius 3 is 2.38 bits per heavy atom. The molecule has 2 rings (SSSR count). The van der Waals surface area contributed by atoms with Crippen LogP contribution in [0.4, 0.5) is 0 Å². The summed E-state index contributed by atoms with van der Waals surface area (Å²) in [6.45, 7) is 6.30. The Hall–Kier alpha value is -2.04. The maximum Gasteiger partial charge on any atom is 0.306 e. The number of para-hydroxylation sites is 1. The van der Waals surface area contributed by atoms with Gasteiger partial charge in [0.25, 0.3) is 5.91 Å². The molecule has 0 heterocycles. The number of carboxylic acid groups (broad SMARTS) is 1. The van der Waals surface area contributed by atoms with Gasteiger partial charge in [0, 0.05) is 6.04 Å². The summed E-state index contributed by atoms with van der Waals surface area (Å²) in [6, 6.07) is 7.81. The quantitative estimate of drug-likeness (QED) is 0.868. The second kappa shape index (κ2) is 7.69.